The molecule has 0 radical (unpaired) electrons. The molecule has 1 atom stereocenters. The third kappa shape index (κ3) is 3.57. The Balaban J connectivity index is 1.73. The molecule has 0 saturated carbocycles. The normalized spacial score (nSPS) is 19.0. The van der Waals surface area contributed by atoms with Gasteiger partial charge in [-0.15, -0.1) is 5.10 Å². The molecule has 1 amide bonds. The Hall–Kier alpha value is -1.58. The van der Waals surface area contributed by atoms with Crippen LogP contribution < -0.4 is 4.90 Å². The third-order valence-electron chi connectivity index (χ3n) is 3.88. The average molecular weight is 443 g/mol. The summed E-state index contributed by atoms with van der Waals surface area (Å²) >= 11 is 2.22. The van der Waals surface area contributed by atoms with Crippen LogP contribution in [0.25, 0.3) is 5.65 Å². The number of anilines is 1. The molecule has 0 spiro atoms. The van der Waals surface area contributed by atoms with Gasteiger partial charge in [0.1, 0.15) is 15.1 Å². The molecule has 0 aromatic carbocycles. The van der Waals surface area contributed by atoms with Gasteiger partial charge in [-0.2, -0.15) is 0 Å². The molecule has 0 N–H and O–H groups in total. The third-order valence-corrected chi connectivity index (χ3v) is 4.62. The van der Waals surface area contributed by atoms with E-state index in [1.807, 2.05) is 37.4 Å². The number of imidazole rings is 1. The van der Waals surface area contributed by atoms with E-state index < -0.39 is 5.60 Å². The van der Waals surface area contributed by atoms with Crippen LogP contribution in [0.5, 0.6) is 0 Å². The molecule has 8 heteroatoms. The molecule has 24 heavy (non-hydrogen) atoms. The molecule has 0 aliphatic carbocycles. The Morgan fingerprint density at radius 2 is 2.08 bits per heavy atom. The lowest BCUT2D eigenvalue weighted by Crippen LogP contribution is -2.54. The summed E-state index contributed by atoms with van der Waals surface area (Å²) in [5.74, 6) is 0.898. The van der Waals surface area contributed by atoms with E-state index in [-0.39, 0.29) is 12.1 Å². The predicted octanol–water partition coefficient (Wildman–Crippen LogP) is 2.78. The fourth-order valence-electron chi connectivity index (χ4n) is 2.78. The zero-order valence-corrected chi connectivity index (χ0v) is 16.5. The summed E-state index contributed by atoms with van der Waals surface area (Å²) in [5.41, 5.74) is 0.366. The van der Waals surface area contributed by atoms with Crippen molar-refractivity contribution in [1.29, 1.82) is 0 Å². The highest BCUT2D eigenvalue weighted by Gasteiger charge is 2.30. The lowest BCUT2D eigenvalue weighted by molar-refractivity contribution is 0.0218. The molecular weight excluding hydrogens is 421 g/mol. The van der Waals surface area contributed by atoms with Gasteiger partial charge in [-0.1, -0.05) is 0 Å². The van der Waals surface area contributed by atoms with Crippen molar-refractivity contribution in [3.05, 3.63) is 22.0 Å². The number of carbonyl (C=O) groups is 1. The Labute approximate surface area is 155 Å². The fourth-order valence-corrected chi connectivity index (χ4v) is 3.27. The molecule has 1 aliphatic heterocycles. The number of nitrogens with zero attached hydrogens (tertiary/aromatic N) is 5. The number of ether oxygens (including phenoxy) is 1. The highest BCUT2D eigenvalue weighted by atomic mass is 127. The van der Waals surface area contributed by atoms with Crippen molar-refractivity contribution in [2.45, 2.75) is 39.3 Å². The van der Waals surface area contributed by atoms with Gasteiger partial charge in [-0.05, 0) is 62.4 Å². The van der Waals surface area contributed by atoms with Crippen molar-refractivity contribution < 1.29 is 9.53 Å². The van der Waals surface area contributed by atoms with Gasteiger partial charge in [-0.25, -0.2) is 14.3 Å². The summed E-state index contributed by atoms with van der Waals surface area (Å²) in [4.78, 5) is 20.5. The molecular formula is C16H22IN5O2. The summed E-state index contributed by atoms with van der Waals surface area (Å²) in [5, 5.41) is 4.68. The van der Waals surface area contributed by atoms with Gasteiger partial charge >= 0.3 is 6.09 Å². The summed E-state index contributed by atoms with van der Waals surface area (Å²) in [7, 11) is 0. The highest BCUT2D eigenvalue weighted by molar-refractivity contribution is 14.1. The van der Waals surface area contributed by atoms with E-state index in [0.717, 1.165) is 21.7 Å². The van der Waals surface area contributed by atoms with Crippen LogP contribution in [0.4, 0.5) is 10.6 Å². The van der Waals surface area contributed by atoms with Crippen LogP contribution in [0, 0.1) is 3.70 Å². The van der Waals surface area contributed by atoms with E-state index in [4.69, 9.17) is 4.74 Å². The molecule has 0 bridgehead atoms. The second kappa shape index (κ2) is 6.38. The van der Waals surface area contributed by atoms with Crippen molar-refractivity contribution in [3.63, 3.8) is 0 Å². The smallest absolute Gasteiger partial charge is 0.410 e. The zero-order valence-electron chi connectivity index (χ0n) is 14.4. The number of piperazine rings is 1. The number of hydrogen-bond acceptors (Lipinski definition) is 5. The molecule has 1 fully saturated rings. The number of carbonyl (C=O) groups excluding carboxylic acids is 1. The minimum Gasteiger partial charge on any atom is -0.444 e. The van der Waals surface area contributed by atoms with Crippen molar-refractivity contribution in [1.82, 2.24) is 19.5 Å². The first-order chi connectivity index (χ1) is 11.2. The second-order valence-electron chi connectivity index (χ2n) is 7.01. The second-order valence-corrected chi connectivity index (χ2v) is 8.12. The zero-order chi connectivity index (χ0) is 17.5. The monoisotopic (exact) mass is 443 g/mol. The quantitative estimate of drug-likeness (QED) is 0.635. The van der Waals surface area contributed by atoms with Gasteiger partial charge < -0.3 is 14.5 Å². The number of hydrogen-bond donors (Lipinski definition) is 0. The minimum absolute atomic E-state index is 0.164. The lowest BCUT2D eigenvalue weighted by Gasteiger charge is -2.40. The van der Waals surface area contributed by atoms with Crippen LogP contribution in [0.1, 0.15) is 27.7 Å². The molecule has 7 nitrogen and oxygen atoms in total. The van der Waals surface area contributed by atoms with Crippen molar-refractivity contribution in [3.8, 4) is 0 Å². The summed E-state index contributed by atoms with van der Waals surface area (Å²) in [6, 6.07) is 4.12. The summed E-state index contributed by atoms with van der Waals surface area (Å²) < 4.78 is 8.28. The number of aromatic nitrogens is 3. The van der Waals surface area contributed by atoms with Crippen molar-refractivity contribution >= 4 is 40.1 Å². The van der Waals surface area contributed by atoms with E-state index in [2.05, 4.69) is 44.5 Å². The summed E-state index contributed by atoms with van der Waals surface area (Å²) in [6.07, 6.45) is 1.55. The number of rotatable bonds is 1. The Kier molecular flexibility index (Phi) is 4.58. The number of fused-ring (bicyclic) bond motifs is 1. The molecule has 130 valence electrons. The van der Waals surface area contributed by atoms with Gasteiger partial charge in [0, 0.05) is 25.7 Å². The summed E-state index contributed by atoms with van der Waals surface area (Å²) in [6.45, 7) is 9.73. The first kappa shape index (κ1) is 17.2. The van der Waals surface area contributed by atoms with Gasteiger partial charge in [0.25, 0.3) is 0 Å². The maximum absolute atomic E-state index is 12.2. The lowest BCUT2D eigenvalue weighted by atomic mass is 10.2. The first-order valence-corrected chi connectivity index (χ1v) is 9.07. The van der Waals surface area contributed by atoms with Crippen LogP contribution in [0.15, 0.2) is 18.3 Å². The van der Waals surface area contributed by atoms with E-state index in [9.17, 15) is 4.79 Å². The number of halogens is 1. The van der Waals surface area contributed by atoms with Gasteiger partial charge in [-0.3, -0.25) is 0 Å². The van der Waals surface area contributed by atoms with Crippen LogP contribution in [-0.2, 0) is 4.74 Å². The van der Waals surface area contributed by atoms with Crippen LogP contribution in [-0.4, -0.2) is 56.9 Å². The average Bonchev–Trinajstić information content (AvgIpc) is 2.86. The van der Waals surface area contributed by atoms with Gasteiger partial charge in [0.05, 0.1) is 6.20 Å². The topological polar surface area (TPSA) is 63.0 Å². The SMILES string of the molecule is CC1CN(C(=O)OC(C)(C)C)CCN1c1ccc2ncc(I)n2n1. The van der Waals surface area contributed by atoms with Crippen LogP contribution in [0.2, 0.25) is 0 Å². The standard InChI is InChI=1S/C16H22IN5O2/c1-11-10-20(15(23)24-16(2,3)4)7-8-21(11)14-6-5-13-18-9-12(17)22(13)19-14/h5-6,9,11H,7-8,10H2,1-4H3. The molecule has 3 heterocycles. The van der Waals surface area contributed by atoms with E-state index in [0.29, 0.717) is 13.1 Å². The molecule has 1 aliphatic rings. The molecule has 3 rings (SSSR count). The number of amides is 1. The van der Waals surface area contributed by atoms with E-state index in [1.165, 1.54) is 0 Å². The molecule has 2 aromatic rings. The largest absolute Gasteiger partial charge is 0.444 e. The molecule has 1 unspecified atom stereocenters. The fraction of sp³-hybridized carbons (Fsp3) is 0.562. The van der Waals surface area contributed by atoms with Gasteiger partial charge in [0.2, 0.25) is 0 Å². The molecule has 1 saturated heterocycles. The highest BCUT2D eigenvalue weighted by Crippen LogP contribution is 2.21. The predicted molar refractivity (Wildman–Crippen MR) is 100 cm³/mol. The maximum atomic E-state index is 12.2. The van der Waals surface area contributed by atoms with Crippen molar-refractivity contribution in [2.24, 2.45) is 0 Å². The van der Waals surface area contributed by atoms with E-state index >= 15 is 0 Å². The Morgan fingerprint density at radius 3 is 2.75 bits per heavy atom. The van der Waals surface area contributed by atoms with Crippen LogP contribution in [0.3, 0.4) is 0 Å². The van der Waals surface area contributed by atoms with Crippen LogP contribution >= 0.6 is 22.6 Å². The minimum atomic E-state index is -0.470. The van der Waals surface area contributed by atoms with E-state index in [1.54, 1.807) is 11.1 Å². The maximum Gasteiger partial charge on any atom is 0.410 e. The first-order valence-electron chi connectivity index (χ1n) is 7.99. The van der Waals surface area contributed by atoms with Gasteiger partial charge in [0.15, 0.2) is 5.65 Å². The molecule has 2 aromatic heterocycles. The van der Waals surface area contributed by atoms with Crippen molar-refractivity contribution in [2.75, 3.05) is 24.5 Å². The Morgan fingerprint density at radius 1 is 1.33 bits per heavy atom. The Bertz CT molecular complexity index is 754.